The van der Waals surface area contributed by atoms with Gasteiger partial charge < -0.3 is 15.2 Å². The van der Waals surface area contributed by atoms with Crippen LogP contribution in [0.15, 0.2) is 82.8 Å². The predicted molar refractivity (Wildman–Crippen MR) is 117 cm³/mol. The van der Waals surface area contributed by atoms with E-state index in [1.54, 1.807) is 48.5 Å². The van der Waals surface area contributed by atoms with Gasteiger partial charge in [-0.25, -0.2) is 18.4 Å². The van der Waals surface area contributed by atoms with Crippen molar-refractivity contribution in [2.24, 2.45) is 0 Å². The van der Waals surface area contributed by atoms with E-state index in [1.807, 2.05) is 0 Å². The highest BCUT2D eigenvalue weighted by Gasteiger charge is 2.17. The number of phenolic OH excluding ortho intramolecular Hbond substituents is 1. The van der Waals surface area contributed by atoms with Gasteiger partial charge in [0.25, 0.3) is 0 Å². The lowest BCUT2D eigenvalue weighted by atomic mass is 10.2. The lowest BCUT2D eigenvalue weighted by molar-refractivity contribution is 0.374. The maximum Gasteiger partial charge on any atom is 0.206 e. The highest BCUT2D eigenvalue weighted by Crippen LogP contribution is 2.33. The molecule has 0 bridgehead atoms. The van der Waals surface area contributed by atoms with Crippen LogP contribution in [-0.2, 0) is 9.84 Å². The van der Waals surface area contributed by atoms with Gasteiger partial charge in [0.2, 0.25) is 9.84 Å². The normalized spacial score (nSPS) is 11.0. The van der Waals surface area contributed by atoms with Crippen molar-refractivity contribution >= 4 is 44.7 Å². The van der Waals surface area contributed by atoms with Crippen molar-refractivity contribution in [3.8, 4) is 11.5 Å². The lowest BCUT2D eigenvalue weighted by Gasteiger charge is -2.11. The molecule has 0 saturated heterocycles. The average Bonchev–Trinajstić information content (AvgIpc) is 2.75. The molecule has 0 saturated carbocycles. The summed E-state index contributed by atoms with van der Waals surface area (Å²) in [5.74, 6) is 0.770. The molecule has 154 valence electrons. The first-order valence-electron chi connectivity index (χ1n) is 8.68. The Morgan fingerprint density at radius 3 is 2.27 bits per heavy atom. The van der Waals surface area contributed by atoms with Gasteiger partial charge in [-0.15, -0.1) is 12.4 Å². The Bertz CT molecular complexity index is 1280. The number of ether oxygens (including phenoxy) is 1. The number of nitrogens with one attached hydrogen (secondary N) is 1. The summed E-state index contributed by atoms with van der Waals surface area (Å²) in [5.41, 5.74) is 1.24. The van der Waals surface area contributed by atoms with Crippen LogP contribution in [0, 0.1) is 0 Å². The molecule has 7 nitrogen and oxygen atoms in total. The average molecular weight is 444 g/mol. The molecule has 0 fully saturated rings. The van der Waals surface area contributed by atoms with E-state index in [4.69, 9.17) is 4.74 Å². The van der Waals surface area contributed by atoms with Crippen LogP contribution in [-0.4, -0.2) is 30.6 Å². The van der Waals surface area contributed by atoms with Crippen molar-refractivity contribution < 1.29 is 18.3 Å². The number of halogens is 1. The Morgan fingerprint density at radius 2 is 1.60 bits per heavy atom. The minimum atomic E-state index is -3.58. The number of benzene rings is 3. The molecule has 9 heteroatoms. The molecule has 0 unspecified atom stereocenters. The van der Waals surface area contributed by atoms with Crippen molar-refractivity contribution in [2.45, 2.75) is 9.79 Å². The number of fused-ring (bicyclic) bond motifs is 1. The SMILES string of the molecule is COc1cc2ncnc(Nc3ccc(S(=O)(=O)c4ccccc4)cc3)c2cc1O.Cl. The van der Waals surface area contributed by atoms with E-state index >= 15 is 0 Å². The first-order valence-corrected chi connectivity index (χ1v) is 10.2. The second-order valence-corrected chi connectivity index (χ2v) is 8.18. The number of aromatic hydroxyl groups is 1. The molecule has 0 aliphatic heterocycles. The number of aromatic nitrogens is 2. The number of phenols is 1. The monoisotopic (exact) mass is 443 g/mol. The minimum Gasteiger partial charge on any atom is -0.504 e. The third-order valence-corrected chi connectivity index (χ3v) is 6.20. The Balaban J connectivity index is 0.00000256. The molecule has 4 rings (SSSR count). The third kappa shape index (κ3) is 4.00. The summed E-state index contributed by atoms with van der Waals surface area (Å²) < 4.78 is 30.5. The van der Waals surface area contributed by atoms with Crippen molar-refractivity contribution in [2.75, 3.05) is 12.4 Å². The van der Waals surface area contributed by atoms with E-state index in [2.05, 4.69) is 15.3 Å². The Hall–Kier alpha value is -3.36. The van der Waals surface area contributed by atoms with Crippen LogP contribution < -0.4 is 10.1 Å². The van der Waals surface area contributed by atoms with Crippen molar-refractivity contribution in [3.05, 3.63) is 73.1 Å². The maximum atomic E-state index is 12.7. The molecule has 30 heavy (non-hydrogen) atoms. The number of sulfone groups is 1. The van der Waals surface area contributed by atoms with E-state index in [9.17, 15) is 13.5 Å². The fraction of sp³-hybridized carbons (Fsp3) is 0.0476. The zero-order chi connectivity index (χ0) is 20.4. The second kappa shape index (κ2) is 8.56. The second-order valence-electron chi connectivity index (χ2n) is 6.23. The quantitative estimate of drug-likeness (QED) is 0.473. The lowest BCUT2D eigenvalue weighted by Crippen LogP contribution is -2.02. The number of rotatable bonds is 5. The van der Waals surface area contributed by atoms with E-state index in [1.165, 1.54) is 31.6 Å². The maximum absolute atomic E-state index is 12.7. The van der Waals surface area contributed by atoms with E-state index in [0.29, 0.717) is 28.2 Å². The van der Waals surface area contributed by atoms with Gasteiger partial charge in [0.15, 0.2) is 11.5 Å². The van der Waals surface area contributed by atoms with Gasteiger partial charge >= 0.3 is 0 Å². The zero-order valence-electron chi connectivity index (χ0n) is 15.8. The van der Waals surface area contributed by atoms with Crippen LogP contribution in [0.4, 0.5) is 11.5 Å². The highest BCUT2D eigenvalue weighted by atomic mass is 35.5. The van der Waals surface area contributed by atoms with E-state index in [-0.39, 0.29) is 27.9 Å². The number of hydrogen-bond acceptors (Lipinski definition) is 7. The molecule has 1 heterocycles. The molecule has 4 aromatic rings. The Morgan fingerprint density at radius 1 is 0.933 bits per heavy atom. The van der Waals surface area contributed by atoms with Gasteiger partial charge in [-0.05, 0) is 42.5 Å². The summed E-state index contributed by atoms with van der Waals surface area (Å²) >= 11 is 0. The van der Waals surface area contributed by atoms with Crippen LogP contribution in [0.3, 0.4) is 0 Å². The smallest absolute Gasteiger partial charge is 0.206 e. The number of anilines is 2. The summed E-state index contributed by atoms with van der Waals surface area (Å²) in [4.78, 5) is 8.86. The highest BCUT2D eigenvalue weighted by molar-refractivity contribution is 7.91. The third-order valence-electron chi connectivity index (χ3n) is 4.42. The van der Waals surface area contributed by atoms with Gasteiger partial charge in [0.05, 0.1) is 22.4 Å². The van der Waals surface area contributed by atoms with Gasteiger partial charge in [0, 0.05) is 17.1 Å². The topological polar surface area (TPSA) is 101 Å². The summed E-state index contributed by atoms with van der Waals surface area (Å²) in [7, 11) is -2.11. The molecule has 0 aliphatic carbocycles. The van der Waals surface area contributed by atoms with Crippen LogP contribution in [0.1, 0.15) is 0 Å². The first-order chi connectivity index (χ1) is 14.0. The predicted octanol–water partition coefficient (Wildman–Crippen LogP) is 4.34. The van der Waals surface area contributed by atoms with Crippen LogP contribution in [0.5, 0.6) is 11.5 Å². The molecule has 1 aromatic heterocycles. The van der Waals surface area contributed by atoms with E-state index < -0.39 is 9.84 Å². The molecule has 0 aliphatic rings. The van der Waals surface area contributed by atoms with Gasteiger partial charge in [-0.2, -0.15) is 0 Å². The standard InChI is InChI=1S/C21H17N3O4S.ClH/c1-28-20-12-18-17(11-19(20)25)21(23-13-22-18)24-14-7-9-16(10-8-14)29(26,27)15-5-3-2-4-6-15;/h2-13,25H,1H3,(H,22,23,24);1H. The number of methoxy groups -OCH3 is 1. The molecule has 2 N–H and O–H groups in total. The minimum absolute atomic E-state index is 0. The first kappa shape index (κ1) is 21.4. The number of nitrogens with zero attached hydrogens (tertiary/aromatic N) is 2. The van der Waals surface area contributed by atoms with Gasteiger partial charge in [0.1, 0.15) is 12.1 Å². The van der Waals surface area contributed by atoms with Crippen LogP contribution in [0.2, 0.25) is 0 Å². The summed E-state index contributed by atoms with van der Waals surface area (Å²) in [6, 6.07) is 17.8. The summed E-state index contributed by atoms with van der Waals surface area (Å²) in [6.07, 6.45) is 1.40. The fourth-order valence-corrected chi connectivity index (χ4v) is 4.21. The van der Waals surface area contributed by atoms with Gasteiger partial charge in [-0.1, -0.05) is 18.2 Å². The molecular formula is C21H18ClN3O4S. The summed E-state index contributed by atoms with van der Waals surface area (Å²) in [6.45, 7) is 0. The Kier molecular flexibility index (Phi) is 6.09. The molecular weight excluding hydrogens is 426 g/mol. The number of hydrogen-bond donors (Lipinski definition) is 2. The van der Waals surface area contributed by atoms with Crippen LogP contribution in [0.25, 0.3) is 10.9 Å². The molecule has 3 aromatic carbocycles. The van der Waals surface area contributed by atoms with E-state index in [0.717, 1.165) is 0 Å². The summed E-state index contributed by atoms with van der Waals surface area (Å²) in [5, 5.41) is 13.8. The molecule has 0 spiro atoms. The molecule has 0 amide bonds. The Labute approximate surface area is 179 Å². The van der Waals surface area contributed by atoms with Crippen molar-refractivity contribution in [1.29, 1.82) is 0 Å². The van der Waals surface area contributed by atoms with Crippen molar-refractivity contribution in [3.63, 3.8) is 0 Å². The van der Waals surface area contributed by atoms with Crippen molar-refractivity contribution in [1.82, 2.24) is 9.97 Å². The molecule has 0 radical (unpaired) electrons. The van der Waals surface area contributed by atoms with Crippen LogP contribution >= 0.6 is 12.4 Å². The fourth-order valence-electron chi connectivity index (χ4n) is 2.93. The molecule has 0 atom stereocenters. The van der Waals surface area contributed by atoms with Gasteiger partial charge in [-0.3, -0.25) is 0 Å². The zero-order valence-corrected chi connectivity index (χ0v) is 17.4. The largest absolute Gasteiger partial charge is 0.504 e.